The summed E-state index contributed by atoms with van der Waals surface area (Å²) in [5.41, 5.74) is 8.30. The Kier molecular flexibility index (Phi) is 4.81. The van der Waals surface area contributed by atoms with Crippen molar-refractivity contribution in [3.05, 3.63) is 23.3 Å². The van der Waals surface area contributed by atoms with Crippen LogP contribution < -0.4 is 15.8 Å². The fourth-order valence-electron chi connectivity index (χ4n) is 1.65. The van der Waals surface area contributed by atoms with Crippen molar-refractivity contribution in [2.75, 3.05) is 12.3 Å². The van der Waals surface area contributed by atoms with Crippen molar-refractivity contribution >= 4 is 11.6 Å². The second-order valence-corrected chi connectivity index (χ2v) is 5.55. The minimum absolute atomic E-state index is 0.00672. The minimum atomic E-state index is -0.207. The molecule has 3 N–H and O–H groups in total. The van der Waals surface area contributed by atoms with E-state index in [1.807, 2.05) is 40.7 Å². The molecule has 0 fully saturated rings. The fourth-order valence-corrected chi connectivity index (χ4v) is 1.65. The summed E-state index contributed by atoms with van der Waals surface area (Å²) in [5, 5.41) is 2.93. The number of anilines is 1. The normalized spacial score (nSPS) is 11.2. The number of hydrogen-bond acceptors (Lipinski definition) is 3. The van der Waals surface area contributed by atoms with E-state index in [1.54, 1.807) is 6.07 Å². The molecule has 0 saturated carbocycles. The Balaban J connectivity index is 2.63. The highest BCUT2D eigenvalue weighted by atomic mass is 16.5. The molecule has 1 rings (SSSR count). The molecule has 0 aliphatic carbocycles. The number of nitrogens with two attached hydrogens (primary N) is 1. The quantitative estimate of drug-likeness (QED) is 0.803. The number of nitrogens with one attached hydrogen (secondary N) is 1. The van der Waals surface area contributed by atoms with Gasteiger partial charge < -0.3 is 15.8 Å². The van der Waals surface area contributed by atoms with Gasteiger partial charge >= 0.3 is 0 Å². The highest BCUT2D eigenvalue weighted by Gasteiger charge is 2.18. The minimum Gasteiger partial charge on any atom is -0.483 e. The first kappa shape index (κ1) is 15.3. The van der Waals surface area contributed by atoms with E-state index in [-0.39, 0.29) is 18.1 Å². The molecule has 0 spiro atoms. The number of hydrogen-bond donors (Lipinski definition) is 2. The summed E-state index contributed by atoms with van der Waals surface area (Å²) >= 11 is 0. The second-order valence-electron chi connectivity index (χ2n) is 5.55. The fraction of sp³-hybridized carbons (Fsp3) is 0.533. The average molecular weight is 264 g/mol. The van der Waals surface area contributed by atoms with Crippen LogP contribution in [0.3, 0.4) is 0 Å². The predicted octanol–water partition coefficient (Wildman–Crippen LogP) is 2.57. The zero-order chi connectivity index (χ0) is 14.6. The van der Waals surface area contributed by atoms with Gasteiger partial charge in [-0.25, -0.2) is 0 Å². The van der Waals surface area contributed by atoms with Gasteiger partial charge in [-0.05, 0) is 45.2 Å². The lowest BCUT2D eigenvalue weighted by atomic mass is 10.0. The number of amides is 1. The van der Waals surface area contributed by atoms with Gasteiger partial charge in [0, 0.05) is 17.3 Å². The van der Waals surface area contributed by atoms with Gasteiger partial charge in [-0.3, -0.25) is 4.79 Å². The Labute approximate surface area is 115 Å². The first-order valence-corrected chi connectivity index (χ1v) is 6.55. The first-order chi connectivity index (χ1) is 8.75. The Morgan fingerprint density at radius 1 is 1.32 bits per heavy atom. The highest BCUT2D eigenvalue weighted by molar-refractivity contribution is 5.78. The van der Waals surface area contributed by atoms with Gasteiger partial charge in [0.15, 0.2) is 6.61 Å². The molecule has 0 saturated heterocycles. The van der Waals surface area contributed by atoms with Crippen LogP contribution in [-0.2, 0) is 4.79 Å². The molecular weight excluding hydrogens is 240 g/mol. The maximum absolute atomic E-state index is 11.8. The molecule has 19 heavy (non-hydrogen) atoms. The number of ether oxygens (including phenoxy) is 1. The maximum Gasteiger partial charge on any atom is 0.258 e. The lowest BCUT2D eigenvalue weighted by molar-refractivity contribution is -0.124. The van der Waals surface area contributed by atoms with Crippen molar-refractivity contribution in [2.45, 2.75) is 46.6 Å². The van der Waals surface area contributed by atoms with Crippen molar-refractivity contribution in [3.63, 3.8) is 0 Å². The number of nitrogen functional groups attached to an aromatic ring is 1. The Bertz CT molecular complexity index is 467. The van der Waals surface area contributed by atoms with Gasteiger partial charge in [-0.15, -0.1) is 0 Å². The summed E-state index contributed by atoms with van der Waals surface area (Å²) in [5.74, 6) is 0.540. The van der Waals surface area contributed by atoms with Crippen LogP contribution in [0.1, 0.15) is 38.3 Å². The molecule has 106 valence electrons. The van der Waals surface area contributed by atoms with E-state index in [0.717, 1.165) is 17.5 Å². The van der Waals surface area contributed by atoms with Crippen LogP contribution in [-0.4, -0.2) is 18.1 Å². The Morgan fingerprint density at radius 3 is 2.53 bits per heavy atom. The van der Waals surface area contributed by atoms with Crippen molar-refractivity contribution in [3.8, 4) is 5.75 Å². The van der Waals surface area contributed by atoms with E-state index >= 15 is 0 Å². The molecule has 0 aliphatic rings. The third-order valence-electron chi connectivity index (χ3n) is 3.28. The highest BCUT2D eigenvalue weighted by Crippen LogP contribution is 2.24. The van der Waals surface area contributed by atoms with Crippen molar-refractivity contribution in [2.24, 2.45) is 0 Å². The van der Waals surface area contributed by atoms with Crippen LogP contribution in [0.2, 0.25) is 0 Å². The van der Waals surface area contributed by atoms with E-state index < -0.39 is 0 Å². The lowest BCUT2D eigenvalue weighted by Gasteiger charge is -2.24. The molecule has 0 atom stereocenters. The van der Waals surface area contributed by atoms with Gasteiger partial charge in [0.25, 0.3) is 5.91 Å². The Morgan fingerprint density at radius 2 is 1.95 bits per heavy atom. The van der Waals surface area contributed by atoms with Crippen molar-refractivity contribution < 1.29 is 9.53 Å². The van der Waals surface area contributed by atoms with Crippen molar-refractivity contribution in [1.82, 2.24) is 5.32 Å². The van der Waals surface area contributed by atoms with Gasteiger partial charge in [0.05, 0.1) is 0 Å². The monoisotopic (exact) mass is 264 g/mol. The van der Waals surface area contributed by atoms with Crippen LogP contribution in [0.25, 0.3) is 0 Å². The van der Waals surface area contributed by atoms with Gasteiger partial charge in [-0.2, -0.15) is 0 Å². The van der Waals surface area contributed by atoms with Crippen molar-refractivity contribution in [1.29, 1.82) is 0 Å². The summed E-state index contributed by atoms with van der Waals surface area (Å²) in [7, 11) is 0. The molecule has 0 aromatic heterocycles. The zero-order valence-corrected chi connectivity index (χ0v) is 12.5. The number of carbonyl (C=O) groups is 1. The van der Waals surface area contributed by atoms with E-state index in [4.69, 9.17) is 10.5 Å². The van der Waals surface area contributed by atoms with E-state index in [0.29, 0.717) is 11.4 Å². The van der Waals surface area contributed by atoms with Gasteiger partial charge in [0.2, 0.25) is 0 Å². The molecule has 0 unspecified atom stereocenters. The van der Waals surface area contributed by atoms with Crippen LogP contribution in [0, 0.1) is 13.8 Å². The number of carbonyl (C=O) groups excluding carboxylic acids is 1. The smallest absolute Gasteiger partial charge is 0.258 e. The first-order valence-electron chi connectivity index (χ1n) is 6.55. The topological polar surface area (TPSA) is 64.3 Å². The Hall–Kier alpha value is -1.71. The standard InChI is InChI=1S/C15H24N2O2/c1-6-15(4,5)17-14(18)9-19-13-8-12(16)10(2)7-11(13)3/h7-8H,6,9,16H2,1-5H3,(H,17,18). The van der Waals surface area contributed by atoms with Gasteiger partial charge in [0.1, 0.15) is 5.75 Å². The lowest BCUT2D eigenvalue weighted by Crippen LogP contribution is -2.44. The van der Waals surface area contributed by atoms with E-state index in [2.05, 4.69) is 5.32 Å². The summed E-state index contributed by atoms with van der Waals surface area (Å²) in [6, 6.07) is 3.72. The molecular formula is C15H24N2O2. The molecule has 0 radical (unpaired) electrons. The predicted molar refractivity (Wildman–Crippen MR) is 78.3 cm³/mol. The molecule has 1 amide bonds. The number of benzene rings is 1. The molecule has 1 aromatic rings. The van der Waals surface area contributed by atoms with Crippen LogP contribution in [0.15, 0.2) is 12.1 Å². The SMILES string of the molecule is CCC(C)(C)NC(=O)COc1cc(N)c(C)cc1C. The van der Waals surface area contributed by atoms with Crippen LogP contribution >= 0.6 is 0 Å². The van der Waals surface area contributed by atoms with Crippen LogP contribution in [0.4, 0.5) is 5.69 Å². The maximum atomic E-state index is 11.8. The van der Waals surface area contributed by atoms with Crippen LogP contribution in [0.5, 0.6) is 5.75 Å². The van der Waals surface area contributed by atoms with E-state index in [9.17, 15) is 4.79 Å². The second kappa shape index (κ2) is 5.95. The zero-order valence-electron chi connectivity index (χ0n) is 12.5. The number of rotatable bonds is 5. The molecule has 4 heteroatoms. The third-order valence-corrected chi connectivity index (χ3v) is 3.28. The summed E-state index contributed by atoms with van der Waals surface area (Å²) in [6.45, 7) is 9.90. The van der Waals surface area contributed by atoms with Gasteiger partial charge in [-0.1, -0.05) is 13.0 Å². The largest absolute Gasteiger partial charge is 0.483 e. The third kappa shape index (κ3) is 4.47. The molecule has 0 heterocycles. The molecule has 1 aromatic carbocycles. The summed E-state index contributed by atoms with van der Waals surface area (Å²) in [6.07, 6.45) is 0.870. The number of aryl methyl sites for hydroxylation is 2. The molecule has 0 bridgehead atoms. The molecule has 0 aliphatic heterocycles. The summed E-state index contributed by atoms with van der Waals surface area (Å²) < 4.78 is 5.53. The summed E-state index contributed by atoms with van der Waals surface area (Å²) in [4.78, 5) is 11.8. The average Bonchev–Trinajstić information content (AvgIpc) is 2.31. The van der Waals surface area contributed by atoms with E-state index in [1.165, 1.54) is 0 Å². The molecule has 4 nitrogen and oxygen atoms in total.